The highest BCUT2D eigenvalue weighted by molar-refractivity contribution is 4.84. The Bertz CT molecular complexity index is 59.5. The van der Waals surface area contributed by atoms with Gasteiger partial charge in [0.15, 0.2) is 0 Å². The molecule has 0 aliphatic carbocycles. The van der Waals surface area contributed by atoms with Gasteiger partial charge in [0.2, 0.25) is 0 Å². The van der Waals surface area contributed by atoms with Crippen LogP contribution < -0.4 is 5.32 Å². The summed E-state index contributed by atoms with van der Waals surface area (Å²) >= 11 is 0. The molecule has 0 bridgehead atoms. The third-order valence-corrected chi connectivity index (χ3v) is 1.42. The Kier molecular flexibility index (Phi) is 2.30. The molecule has 0 aromatic rings. The van der Waals surface area contributed by atoms with E-state index in [2.05, 4.69) is 5.32 Å². The zero-order valence-corrected chi connectivity index (χ0v) is 5.24. The fourth-order valence-corrected chi connectivity index (χ4v) is 0.901. The monoisotopic (exact) mass is 114 g/mol. The normalized spacial score (nSPS) is 23.6. The SMILES string of the molecule is CO[C]1CCCNC1. The minimum absolute atomic E-state index is 0.955. The number of methoxy groups -OCH3 is 1. The Balaban J connectivity index is 2.13. The summed E-state index contributed by atoms with van der Waals surface area (Å²) in [7, 11) is 1.74. The molecule has 1 aliphatic heterocycles. The Morgan fingerprint density at radius 3 is 2.88 bits per heavy atom. The van der Waals surface area contributed by atoms with Crippen LogP contribution >= 0.6 is 0 Å². The lowest BCUT2D eigenvalue weighted by atomic mass is 10.1. The number of piperidine rings is 1. The summed E-state index contributed by atoms with van der Waals surface area (Å²) in [5.74, 6) is 0. The molecule has 0 unspecified atom stereocenters. The van der Waals surface area contributed by atoms with E-state index in [0.717, 1.165) is 19.5 Å². The minimum Gasteiger partial charge on any atom is -0.374 e. The second-order valence-corrected chi connectivity index (χ2v) is 2.02. The fourth-order valence-electron chi connectivity index (χ4n) is 0.901. The molecule has 0 atom stereocenters. The highest BCUT2D eigenvalue weighted by Gasteiger charge is 2.11. The van der Waals surface area contributed by atoms with E-state index in [0.29, 0.717) is 0 Å². The van der Waals surface area contributed by atoms with Crippen molar-refractivity contribution in [3.8, 4) is 0 Å². The molecule has 8 heavy (non-hydrogen) atoms. The molecule has 0 spiro atoms. The first-order chi connectivity index (χ1) is 3.93. The molecule has 2 heteroatoms. The molecule has 1 saturated heterocycles. The molecule has 0 aromatic carbocycles. The zero-order valence-electron chi connectivity index (χ0n) is 5.24. The average molecular weight is 114 g/mol. The number of ether oxygens (including phenoxy) is 1. The van der Waals surface area contributed by atoms with Gasteiger partial charge in [-0.15, -0.1) is 0 Å². The van der Waals surface area contributed by atoms with Gasteiger partial charge in [-0.25, -0.2) is 0 Å². The number of hydrogen-bond donors (Lipinski definition) is 1. The number of rotatable bonds is 1. The highest BCUT2D eigenvalue weighted by atomic mass is 16.5. The second-order valence-electron chi connectivity index (χ2n) is 2.02. The summed E-state index contributed by atoms with van der Waals surface area (Å²) in [6.45, 7) is 2.10. The van der Waals surface area contributed by atoms with E-state index < -0.39 is 0 Å². The van der Waals surface area contributed by atoms with E-state index in [4.69, 9.17) is 4.74 Å². The maximum atomic E-state index is 5.05. The Hall–Kier alpha value is -0.0800. The molecule has 2 nitrogen and oxygen atoms in total. The van der Waals surface area contributed by atoms with E-state index in [1.807, 2.05) is 0 Å². The lowest BCUT2D eigenvalue weighted by Crippen LogP contribution is -2.29. The first-order valence-electron chi connectivity index (χ1n) is 3.03. The summed E-state index contributed by atoms with van der Waals surface area (Å²) in [5.41, 5.74) is 0. The molecule has 1 N–H and O–H groups in total. The number of nitrogens with one attached hydrogen (secondary N) is 1. The molecule has 0 saturated carbocycles. The van der Waals surface area contributed by atoms with Crippen LogP contribution in [0.2, 0.25) is 0 Å². The summed E-state index contributed by atoms with van der Waals surface area (Å²) in [6.07, 6.45) is 3.56. The fraction of sp³-hybridized carbons (Fsp3) is 0.833. The van der Waals surface area contributed by atoms with E-state index >= 15 is 0 Å². The van der Waals surface area contributed by atoms with Crippen molar-refractivity contribution < 1.29 is 4.74 Å². The maximum Gasteiger partial charge on any atom is 0.110 e. The van der Waals surface area contributed by atoms with Crippen molar-refractivity contribution in [1.82, 2.24) is 5.32 Å². The Morgan fingerprint density at radius 2 is 2.50 bits per heavy atom. The maximum absolute atomic E-state index is 5.05. The van der Waals surface area contributed by atoms with Crippen molar-refractivity contribution >= 4 is 0 Å². The van der Waals surface area contributed by atoms with Gasteiger partial charge in [-0.2, -0.15) is 0 Å². The van der Waals surface area contributed by atoms with E-state index in [1.165, 1.54) is 12.5 Å². The van der Waals surface area contributed by atoms with Gasteiger partial charge in [-0.05, 0) is 19.4 Å². The quantitative estimate of drug-likeness (QED) is 0.537. The lowest BCUT2D eigenvalue weighted by Gasteiger charge is -2.19. The van der Waals surface area contributed by atoms with Gasteiger partial charge in [0, 0.05) is 13.7 Å². The smallest absolute Gasteiger partial charge is 0.110 e. The van der Waals surface area contributed by atoms with Crippen molar-refractivity contribution in [2.45, 2.75) is 12.8 Å². The molecule has 1 radical (unpaired) electrons. The molecule has 1 heterocycles. The molecule has 1 aliphatic rings. The molecular weight excluding hydrogens is 102 g/mol. The van der Waals surface area contributed by atoms with Gasteiger partial charge in [-0.1, -0.05) is 0 Å². The number of hydrogen-bond acceptors (Lipinski definition) is 2. The van der Waals surface area contributed by atoms with Crippen LogP contribution in [0.15, 0.2) is 0 Å². The van der Waals surface area contributed by atoms with Crippen LogP contribution in [0.4, 0.5) is 0 Å². The Labute approximate surface area is 50.2 Å². The van der Waals surface area contributed by atoms with Crippen LogP contribution in [0.3, 0.4) is 0 Å². The third-order valence-electron chi connectivity index (χ3n) is 1.42. The standard InChI is InChI=1S/C6H12NO/c1-8-6-3-2-4-7-5-6/h7H,2-5H2,1H3. The van der Waals surface area contributed by atoms with Gasteiger partial charge in [-0.3, -0.25) is 0 Å². The van der Waals surface area contributed by atoms with E-state index in [-0.39, 0.29) is 0 Å². The average Bonchev–Trinajstić information content (AvgIpc) is 1.90. The van der Waals surface area contributed by atoms with E-state index in [9.17, 15) is 0 Å². The zero-order chi connectivity index (χ0) is 5.82. The lowest BCUT2D eigenvalue weighted by molar-refractivity contribution is 0.174. The van der Waals surface area contributed by atoms with Crippen molar-refractivity contribution in [2.75, 3.05) is 20.2 Å². The topological polar surface area (TPSA) is 21.3 Å². The highest BCUT2D eigenvalue weighted by Crippen LogP contribution is 2.11. The van der Waals surface area contributed by atoms with Crippen molar-refractivity contribution in [3.05, 3.63) is 6.10 Å². The van der Waals surface area contributed by atoms with Gasteiger partial charge >= 0.3 is 0 Å². The van der Waals surface area contributed by atoms with Crippen molar-refractivity contribution in [2.24, 2.45) is 0 Å². The van der Waals surface area contributed by atoms with Crippen molar-refractivity contribution in [1.29, 1.82) is 0 Å². The summed E-state index contributed by atoms with van der Waals surface area (Å²) < 4.78 is 5.05. The summed E-state index contributed by atoms with van der Waals surface area (Å²) in [5, 5.41) is 3.22. The van der Waals surface area contributed by atoms with Crippen LogP contribution in [-0.4, -0.2) is 20.2 Å². The molecule has 1 rings (SSSR count). The Morgan fingerprint density at radius 1 is 1.62 bits per heavy atom. The molecular formula is C6H12NO. The van der Waals surface area contributed by atoms with Gasteiger partial charge in [0.1, 0.15) is 6.10 Å². The third kappa shape index (κ3) is 1.46. The van der Waals surface area contributed by atoms with Crippen LogP contribution in [0, 0.1) is 6.10 Å². The molecule has 0 amide bonds. The predicted molar refractivity (Wildman–Crippen MR) is 32.4 cm³/mol. The predicted octanol–water partition coefficient (Wildman–Crippen LogP) is 0.548. The van der Waals surface area contributed by atoms with Crippen molar-refractivity contribution in [3.63, 3.8) is 0 Å². The minimum atomic E-state index is 0.955. The summed E-state index contributed by atoms with van der Waals surface area (Å²) in [6, 6.07) is 0. The van der Waals surface area contributed by atoms with Crippen LogP contribution in [0.5, 0.6) is 0 Å². The van der Waals surface area contributed by atoms with Crippen LogP contribution in [0.1, 0.15) is 12.8 Å². The first kappa shape index (κ1) is 6.05. The van der Waals surface area contributed by atoms with Crippen LogP contribution in [0.25, 0.3) is 0 Å². The van der Waals surface area contributed by atoms with Gasteiger partial charge < -0.3 is 10.1 Å². The summed E-state index contributed by atoms with van der Waals surface area (Å²) in [4.78, 5) is 0. The molecule has 0 aromatic heterocycles. The first-order valence-corrected chi connectivity index (χ1v) is 3.03. The van der Waals surface area contributed by atoms with Crippen LogP contribution in [-0.2, 0) is 4.74 Å². The van der Waals surface area contributed by atoms with Gasteiger partial charge in [0.25, 0.3) is 0 Å². The molecule has 1 fully saturated rings. The largest absolute Gasteiger partial charge is 0.374 e. The van der Waals surface area contributed by atoms with Gasteiger partial charge in [0.05, 0.1) is 0 Å². The molecule has 47 valence electrons. The van der Waals surface area contributed by atoms with E-state index in [1.54, 1.807) is 7.11 Å². The second kappa shape index (κ2) is 3.05.